The topological polar surface area (TPSA) is 69.6 Å². The number of carboxylic acid groups (broad SMARTS) is 1. The number of amides is 1. The second kappa shape index (κ2) is 5.85. The summed E-state index contributed by atoms with van der Waals surface area (Å²) in [5.74, 6) is -1.01. The smallest absolute Gasteiger partial charge is 0.305 e. The molecule has 1 aromatic rings. The van der Waals surface area contributed by atoms with E-state index in [0.717, 1.165) is 18.7 Å². The number of rotatable bonds is 4. The van der Waals surface area contributed by atoms with Gasteiger partial charge in [0.25, 0.3) is 5.91 Å². The lowest BCUT2D eigenvalue weighted by Crippen LogP contribution is -2.46. The van der Waals surface area contributed by atoms with Crippen LogP contribution < -0.4 is 5.32 Å². The molecule has 1 amide bonds. The van der Waals surface area contributed by atoms with E-state index in [4.69, 9.17) is 5.11 Å². The van der Waals surface area contributed by atoms with Gasteiger partial charge in [-0.05, 0) is 44.0 Å². The number of nitrogens with zero attached hydrogens (tertiary/aromatic N) is 1. The Hall–Kier alpha value is -1.88. The fourth-order valence-electron chi connectivity index (χ4n) is 2.53. The van der Waals surface area contributed by atoms with Crippen LogP contribution in [0, 0.1) is 0 Å². The van der Waals surface area contributed by atoms with Gasteiger partial charge in [0.2, 0.25) is 0 Å². The minimum absolute atomic E-state index is 0.0461. The highest BCUT2D eigenvalue weighted by atomic mass is 16.4. The van der Waals surface area contributed by atoms with E-state index < -0.39 is 11.5 Å². The van der Waals surface area contributed by atoms with Gasteiger partial charge in [0, 0.05) is 30.7 Å². The Morgan fingerprint density at radius 1 is 1.24 bits per heavy atom. The molecule has 21 heavy (non-hydrogen) atoms. The minimum atomic E-state index is -0.893. The molecule has 0 atom stereocenters. The predicted octanol–water partition coefficient (Wildman–Crippen LogP) is 2.01. The van der Waals surface area contributed by atoms with Gasteiger partial charge in [0.05, 0.1) is 6.42 Å². The van der Waals surface area contributed by atoms with Crippen LogP contribution in [0.15, 0.2) is 18.2 Å². The van der Waals surface area contributed by atoms with Crippen LogP contribution in [-0.2, 0) is 17.9 Å². The highest BCUT2D eigenvalue weighted by molar-refractivity contribution is 5.95. The van der Waals surface area contributed by atoms with Crippen LogP contribution in [0.4, 0.5) is 0 Å². The number of carbonyl (C=O) groups is 2. The first-order valence-electron chi connectivity index (χ1n) is 7.15. The highest BCUT2D eigenvalue weighted by Gasteiger charge is 2.28. The van der Waals surface area contributed by atoms with Crippen LogP contribution >= 0.6 is 0 Å². The molecule has 0 aromatic heterocycles. The second-order valence-electron chi connectivity index (χ2n) is 6.36. The van der Waals surface area contributed by atoms with Crippen LogP contribution in [0.2, 0.25) is 0 Å². The van der Waals surface area contributed by atoms with Crippen molar-refractivity contribution in [3.63, 3.8) is 0 Å². The zero-order valence-corrected chi connectivity index (χ0v) is 12.8. The Morgan fingerprint density at radius 3 is 2.52 bits per heavy atom. The van der Waals surface area contributed by atoms with Gasteiger partial charge in [0.15, 0.2) is 0 Å². The van der Waals surface area contributed by atoms with Gasteiger partial charge in [-0.3, -0.25) is 9.59 Å². The Kier molecular flexibility index (Phi) is 4.32. The maximum absolute atomic E-state index is 12.7. The van der Waals surface area contributed by atoms with Crippen molar-refractivity contribution >= 4 is 11.9 Å². The molecular weight excluding hydrogens is 268 g/mol. The van der Waals surface area contributed by atoms with Gasteiger partial charge in [-0.1, -0.05) is 6.07 Å². The number of carbonyl (C=O) groups excluding carboxylic acids is 1. The Balaban J connectivity index is 2.23. The molecule has 0 radical (unpaired) electrons. The number of carboxylic acids is 1. The third-order valence-electron chi connectivity index (χ3n) is 3.69. The van der Waals surface area contributed by atoms with Crippen molar-refractivity contribution in [3.8, 4) is 0 Å². The van der Waals surface area contributed by atoms with Crippen LogP contribution in [0.5, 0.6) is 0 Å². The summed E-state index contributed by atoms with van der Waals surface area (Å²) >= 11 is 0. The molecule has 1 heterocycles. The molecule has 2 N–H and O–H groups in total. The predicted molar refractivity (Wildman–Crippen MR) is 80.0 cm³/mol. The summed E-state index contributed by atoms with van der Waals surface area (Å²) < 4.78 is 0. The molecular formula is C16H22N2O3. The molecule has 5 nitrogen and oxygen atoms in total. The van der Waals surface area contributed by atoms with Crippen LogP contribution in [-0.4, -0.2) is 34.0 Å². The molecule has 1 aliphatic heterocycles. The molecule has 0 saturated heterocycles. The van der Waals surface area contributed by atoms with Gasteiger partial charge in [0.1, 0.15) is 0 Å². The summed E-state index contributed by atoms with van der Waals surface area (Å²) in [6, 6.07) is 5.71. The largest absolute Gasteiger partial charge is 0.481 e. The van der Waals surface area contributed by atoms with Gasteiger partial charge in [-0.25, -0.2) is 0 Å². The number of hydrogen-bond acceptors (Lipinski definition) is 3. The molecule has 0 bridgehead atoms. The van der Waals surface area contributed by atoms with Gasteiger partial charge >= 0.3 is 5.97 Å². The first-order valence-corrected chi connectivity index (χ1v) is 7.15. The molecule has 2 rings (SSSR count). The van der Waals surface area contributed by atoms with Crippen molar-refractivity contribution in [3.05, 3.63) is 34.9 Å². The van der Waals surface area contributed by atoms with Crippen molar-refractivity contribution in [2.24, 2.45) is 0 Å². The summed E-state index contributed by atoms with van der Waals surface area (Å²) in [6.45, 7) is 7.59. The molecule has 0 unspecified atom stereocenters. The van der Waals surface area contributed by atoms with E-state index in [0.29, 0.717) is 5.56 Å². The van der Waals surface area contributed by atoms with Crippen molar-refractivity contribution < 1.29 is 14.7 Å². The molecule has 5 heteroatoms. The number of benzene rings is 1. The maximum Gasteiger partial charge on any atom is 0.305 e. The highest BCUT2D eigenvalue weighted by Crippen LogP contribution is 2.22. The standard InChI is InChI=1S/C16H22N2O3/c1-16(2,3)18(7-6-14(19)20)15(21)11-4-5-12-9-17-10-13(12)8-11/h4-5,8,17H,6-7,9-10H2,1-3H3,(H,19,20). The van der Waals surface area contributed by atoms with E-state index in [-0.39, 0.29) is 18.9 Å². The average molecular weight is 290 g/mol. The molecule has 0 fully saturated rings. The normalized spacial score (nSPS) is 13.9. The Morgan fingerprint density at radius 2 is 1.90 bits per heavy atom. The SMILES string of the molecule is CC(C)(C)N(CCC(=O)O)C(=O)c1ccc2c(c1)CNC2. The first kappa shape index (κ1) is 15.5. The van der Waals surface area contributed by atoms with E-state index >= 15 is 0 Å². The minimum Gasteiger partial charge on any atom is -0.481 e. The lowest BCUT2D eigenvalue weighted by Gasteiger charge is -2.35. The van der Waals surface area contributed by atoms with Gasteiger partial charge < -0.3 is 15.3 Å². The van der Waals surface area contributed by atoms with Crippen molar-refractivity contribution in [1.29, 1.82) is 0 Å². The third kappa shape index (κ3) is 3.61. The van der Waals surface area contributed by atoms with E-state index in [1.165, 1.54) is 5.56 Å². The van der Waals surface area contributed by atoms with Gasteiger partial charge in [-0.15, -0.1) is 0 Å². The maximum atomic E-state index is 12.7. The number of fused-ring (bicyclic) bond motifs is 1. The molecule has 0 saturated carbocycles. The molecule has 1 aliphatic rings. The molecule has 0 spiro atoms. The molecule has 114 valence electrons. The Labute approximate surface area is 125 Å². The van der Waals surface area contributed by atoms with E-state index in [9.17, 15) is 9.59 Å². The van der Waals surface area contributed by atoms with Crippen LogP contribution in [0.1, 0.15) is 48.7 Å². The van der Waals surface area contributed by atoms with Gasteiger partial charge in [-0.2, -0.15) is 0 Å². The summed E-state index contributed by atoms with van der Waals surface area (Å²) in [6.07, 6.45) is -0.0461. The van der Waals surface area contributed by atoms with E-state index in [1.807, 2.05) is 39.0 Å². The number of hydrogen-bond donors (Lipinski definition) is 2. The zero-order valence-electron chi connectivity index (χ0n) is 12.8. The number of nitrogens with one attached hydrogen (secondary N) is 1. The lowest BCUT2D eigenvalue weighted by atomic mass is 10.0. The number of aliphatic carboxylic acids is 1. The monoisotopic (exact) mass is 290 g/mol. The van der Waals surface area contributed by atoms with E-state index in [1.54, 1.807) is 4.90 Å². The fourth-order valence-corrected chi connectivity index (χ4v) is 2.53. The van der Waals surface area contributed by atoms with Crippen LogP contribution in [0.25, 0.3) is 0 Å². The van der Waals surface area contributed by atoms with E-state index in [2.05, 4.69) is 5.32 Å². The summed E-state index contributed by atoms with van der Waals surface area (Å²) in [4.78, 5) is 25.1. The molecule has 0 aliphatic carbocycles. The summed E-state index contributed by atoms with van der Waals surface area (Å²) in [7, 11) is 0. The fraction of sp³-hybridized carbons (Fsp3) is 0.500. The lowest BCUT2D eigenvalue weighted by molar-refractivity contribution is -0.137. The second-order valence-corrected chi connectivity index (χ2v) is 6.36. The summed E-state index contributed by atoms with van der Waals surface area (Å²) in [5, 5.41) is 12.1. The van der Waals surface area contributed by atoms with Crippen molar-refractivity contribution in [1.82, 2.24) is 10.2 Å². The quantitative estimate of drug-likeness (QED) is 0.890. The third-order valence-corrected chi connectivity index (χ3v) is 3.69. The van der Waals surface area contributed by atoms with Crippen molar-refractivity contribution in [2.45, 2.75) is 45.8 Å². The van der Waals surface area contributed by atoms with Crippen LogP contribution in [0.3, 0.4) is 0 Å². The first-order chi connectivity index (χ1) is 9.79. The average Bonchev–Trinajstić information content (AvgIpc) is 2.83. The zero-order chi connectivity index (χ0) is 15.6. The molecule has 1 aromatic carbocycles. The van der Waals surface area contributed by atoms with Crippen molar-refractivity contribution in [2.75, 3.05) is 6.54 Å². The summed E-state index contributed by atoms with van der Waals surface area (Å²) in [5.41, 5.74) is 2.58. The Bertz CT molecular complexity index is 561.